The first-order chi connectivity index (χ1) is 13.4. The molecule has 4 aromatic rings. The fourth-order valence-electron chi connectivity index (χ4n) is 2.91. The number of benzene rings is 1. The standard InChI is InChI=1S/C19H20N6O2S/c1-13(2)28(26,27)16-6-4-15(5-7-16)23-18-19-21-11-17(25(19)9-8-20-18)14-10-22-24(3)12-14/h4-13H,1-3H3,(H,20,23). The summed E-state index contributed by atoms with van der Waals surface area (Å²) in [6.07, 6.45) is 9.01. The van der Waals surface area contributed by atoms with Crippen molar-refractivity contribution >= 4 is 27.0 Å². The van der Waals surface area contributed by atoms with E-state index in [0.717, 1.165) is 16.9 Å². The topological polar surface area (TPSA) is 94.2 Å². The lowest BCUT2D eigenvalue weighted by molar-refractivity contribution is 0.587. The molecule has 144 valence electrons. The first-order valence-electron chi connectivity index (χ1n) is 8.78. The monoisotopic (exact) mass is 396 g/mol. The van der Waals surface area contributed by atoms with Crippen molar-refractivity contribution in [2.45, 2.75) is 24.0 Å². The summed E-state index contributed by atoms with van der Waals surface area (Å²) in [7, 11) is -1.43. The van der Waals surface area contributed by atoms with Gasteiger partial charge in [-0.15, -0.1) is 0 Å². The third-order valence-corrected chi connectivity index (χ3v) is 6.67. The zero-order valence-corrected chi connectivity index (χ0v) is 16.6. The van der Waals surface area contributed by atoms with Crippen molar-refractivity contribution in [1.82, 2.24) is 24.1 Å². The third-order valence-electron chi connectivity index (χ3n) is 4.49. The largest absolute Gasteiger partial charge is 0.337 e. The number of anilines is 2. The van der Waals surface area contributed by atoms with E-state index in [1.165, 1.54) is 0 Å². The highest BCUT2D eigenvalue weighted by Crippen LogP contribution is 2.25. The Balaban J connectivity index is 1.66. The number of nitrogens with one attached hydrogen (secondary N) is 1. The lowest BCUT2D eigenvalue weighted by Gasteiger charge is -2.10. The van der Waals surface area contributed by atoms with Crippen LogP contribution in [0.5, 0.6) is 0 Å². The van der Waals surface area contributed by atoms with Crippen molar-refractivity contribution in [3.63, 3.8) is 0 Å². The first-order valence-corrected chi connectivity index (χ1v) is 10.3. The van der Waals surface area contributed by atoms with Gasteiger partial charge in [-0.2, -0.15) is 5.10 Å². The second kappa shape index (κ2) is 6.75. The van der Waals surface area contributed by atoms with Gasteiger partial charge in [0.25, 0.3) is 0 Å². The van der Waals surface area contributed by atoms with Crippen molar-refractivity contribution in [2.75, 3.05) is 5.32 Å². The minimum atomic E-state index is -3.29. The summed E-state index contributed by atoms with van der Waals surface area (Å²) in [4.78, 5) is 9.17. The number of hydrogen-bond donors (Lipinski definition) is 1. The summed E-state index contributed by atoms with van der Waals surface area (Å²) in [6, 6.07) is 6.66. The normalized spacial score (nSPS) is 12.0. The Morgan fingerprint density at radius 2 is 1.82 bits per heavy atom. The molecule has 3 aromatic heterocycles. The van der Waals surface area contributed by atoms with Crippen LogP contribution in [0.4, 0.5) is 11.5 Å². The molecule has 9 heteroatoms. The molecule has 0 saturated heterocycles. The van der Waals surface area contributed by atoms with Crippen LogP contribution in [-0.2, 0) is 16.9 Å². The molecule has 0 radical (unpaired) electrons. The molecule has 1 N–H and O–H groups in total. The Bertz CT molecular complexity index is 1240. The van der Waals surface area contributed by atoms with E-state index >= 15 is 0 Å². The summed E-state index contributed by atoms with van der Waals surface area (Å²) in [5.74, 6) is 0.581. The number of aromatic nitrogens is 5. The van der Waals surface area contributed by atoms with Gasteiger partial charge in [0.2, 0.25) is 0 Å². The highest BCUT2D eigenvalue weighted by Gasteiger charge is 2.19. The van der Waals surface area contributed by atoms with Gasteiger partial charge >= 0.3 is 0 Å². The Morgan fingerprint density at radius 3 is 2.46 bits per heavy atom. The van der Waals surface area contributed by atoms with Crippen molar-refractivity contribution < 1.29 is 8.42 Å². The van der Waals surface area contributed by atoms with Crippen molar-refractivity contribution in [3.8, 4) is 11.3 Å². The van der Waals surface area contributed by atoms with Gasteiger partial charge in [0.05, 0.1) is 28.2 Å². The molecule has 0 aliphatic carbocycles. The van der Waals surface area contributed by atoms with Crippen LogP contribution in [0.1, 0.15) is 13.8 Å². The average Bonchev–Trinajstić information content (AvgIpc) is 3.28. The minimum Gasteiger partial charge on any atom is -0.337 e. The molecule has 8 nitrogen and oxygen atoms in total. The minimum absolute atomic E-state index is 0.305. The van der Waals surface area contributed by atoms with Gasteiger partial charge in [-0.1, -0.05) is 0 Å². The van der Waals surface area contributed by atoms with E-state index in [0.29, 0.717) is 16.4 Å². The predicted octanol–water partition coefficient (Wildman–Crippen LogP) is 3.06. The quantitative estimate of drug-likeness (QED) is 0.557. The molecule has 1 aromatic carbocycles. The third kappa shape index (κ3) is 3.13. The molecule has 0 saturated carbocycles. The molecule has 0 spiro atoms. The Hall–Kier alpha value is -3.20. The van der Waals surface area contributed by atoms with Crippen LogP contribution in [0, 0.1) is 0 Å². The summed E-state index contributed by atoms with van der Waals surface area (Å²) >= 11 is 0. The highest BCUT2D eigenvalue weighted by molar-refractivity contribution is 7.92. The van der Waals surface area contributed by atoms with Crippen molar-refractivity contribution in [3.05, 3.63) is 55.2 Å². The van der Waals surface area contributed by atoms with Crippen LogP contribution in [0.25, 0.3) is 16.9 Å². The molecule has 0 unspecified atom stereocenters. The number of nitrogens with zero attached hydrogens (tertiary/aromatic N) is 5. The van der Waals surface area contributed by atoms with Gasteiger partial charge in [-0.3, -0.25) is 9.08 Å². The molecule has 0 fully saturated rings. The van der Waals surface area contributed by atoms with E-state index in [1.807, 2.05) is 23.8 Å². The van der Waals surface area contributed by atoms with Gasteiger partial charge in [0.1, 0.15) is 0 Å². The summed E-state index contributed by atoms with van der Waals surface area (Å²) in [6.45, 7) is 3.34. The van der Waals surface area contributed by atoms with Gasteiger partial charge in [0.15, 0.2) is 21.3 Å². The number of rotatable bonds is 5. The number of aryl methyl sites for hydroxylation is 1. The van der Waals surface area contributed by atoms with Crippen molar-refractivity contribution in [2.24, 2.45) is 7.05 Å². The summed E-state index contributed by atoms with van der Waals surface area (Å²) in [5, 5.41) is 6.96. The number of sulfone groups is 1. The molecule has 0 aliphatic rings. The molecule has 0 atom stereocenters. The Morgan fingerprint density at radius 1 is 1.07 bits per heavy atom. The zero-order chi connectivity index (χ0) is 19.9. The SMILES string of the molecule is CC(C)S(=O)(=O)c1ccc(Nc2nccn3c(-c4cnn(C)c4)cnc23)cc1. The van der Waals surface area contributed by atoms with Crippen LogP contribution >= 0.6 is 0 Å². The number of fused-ring (bicyclic) bond motifs is 1. The number of hydrogen-bond acceptors (Lipinski definition) is 6. The number of imidazole rings is 1. The van der Waals surface area contributed by atoms with Gasteiger partial charge in [0, 0.05) is 36.9 Å². The van der Waals surface area contributed by atoms with Crippen LogP contribution in [0.15, 0.2) is 60.1 Å². The first kappa shape index (κ1) is 18.2. The fraction of sp³-hybridized carbons (Fsp3) is 0.211. The maximum Gasteiger partial charge on any atom is 0.180 e. The fourth-order valence-corrected chi connectivity index (χ4v) is 3.97. The van der Waals surface area contributed by atoms with E-state index in [-0.39, 0.29) is 0 Å². The van der Waals surface area contributed by atoms with E-state index in [1.54, 1.807) is 61.4 Å². The lowest BCUT2D eigenvalue weighted by atomic mass is 10.3. The zero-order valence-electron chi connectivity index (χ0n) is 15.7. The maximum absolute atomic E-state index is 12.3. The molecular weight excluding hydrogens is 376 g/mol. The van der Waals surface area contributed by atoms with Crippen LogP contribution in [0.2, 0.25) is 0 Å². The predicted molar refractivity (Wildman–Crippen MR) is 107 cm³/mol. The molecule has 4 rings (SSSR count). The molecule has 3 heterocycles. The Labute approximate surface area is 162 Å². The van der Waals surface area contributed by atoms with Gasteiger partial charge in [-0.05, 0) is 38.1 Å². The molecule has 0 bridgehead atoms. The van der Waals surface area contributed by atoms with Gasteiger partial charge in [-0.25, -0.2) is 18.4 Å². The lowest BCUT2D eigenvalue weighted by Crippen LogP contribution is -2.13. The molecular formula is C19H20N6O2S. The maximum atomic E-state index is 12.3. The average molecular weight is 396 g/mol. The van der Waals surface area contributed by atoms with Crippen LogP contribution in [-0.4, -0.2) is 37.8 Å². The second-order valence-electron chi connectivity index (χ2n) is 6.76. The van der Waals surface area contributed by atoms with Gasteiger partial charge < -0.3 is 5.32 Å². The van der Waals surface area contributed by atoms with E-state index in [9.17, 15) is 8.42 Å². The molecule has 0 aliphatic heterocycles. The summed E-state index contributed by atoms with van der Waals surface area (Å²) < 4.78 is 28.2. The van der Waals surface area contributed by atoms with Crippen LogP contribution < -0.4 is 5.32 Å². The second-order valence-corrected chi connectivity index (χ2v) is 9.26. The van der Waals surface area contributed by atoms with Crippen LogP contribution in [0.3, 0.4) is 0 Å². The Kier molecular flexibility index (Phi) is 4.38. The molecule has 28 heavy (non-hydrogen) atoms. The van der Waals surface area contributed by atoms with E-state index in [4.69, 9.17) is 0 Å². The smallest absolute Gasteiger partial charge is 0.180 e. The molecule has 0 amide bonds. The van der Waals surface area contributed by atoms with Crippen molar-refractivity contribution in [1.29, 1.82) is 0 Å². The highest BCUT2D eigenvalue weighted by atomic mass is 32.2. The van der Waals surface area contributed by atoms with E-state index in [2.05, 4.69) is 20.4 Å². The van der Waals surface area contributed by atoms with E-state index < -0.39 is 15.1 Å². The summed E-state index contributed by atoms with van der Waals surface area (Å²) in [5.41, 5.74) is 3.26.